The van der Waals surface area contributed by atoms with Crippen LogP contribution in [0.25, 0.3) is 0 Å². The van der Waals surface area contributed by atoms with E-state index in [0.29, 0.717) is 22.2 Å². The van der Waals surface area contributed by atoms with E-state index in [4.69, 9.17) is 27.9 Å². The number of nitrogens with one attached hydrogen (secondary N) is 1. The number of rotatable bonds is 6. The van der Waals surface area contributed by atoms with E-state index in [1.165, 1.54) is 7.11 Å². The van der Waals surface area contributed by atoms with E-state index in [9.17, 15) is 4.79 Å². The molecule has 0 spiro atoms. The zero-order valence-electron chi connectivity index (χ0n) is 12.2. The van der Waals surface area contributed by atoms with Crippen LogP contribution < -0.4 is 5.32 Å². The van der Waals surface area contributed by atoms with Crippen LogP contribution in [0.3, 0.4) is 0 Å². The first kappa shape index (κ1) is 17.2. The summed E-state index contributed by atoms with van der Waals surface area (Å²) in [6.45, 7) is 3.14. The van der Waals surface area contributed by atoms with Crippen molar-refractivity contribution in [3.05, 3.63) is 33.8 Å². The van der Waals surface area contributed by atoms with Crippen molar-refractivity contribution in [2.24, 2.45) is 0 Å². The highest BCUT2D eigenvalue weighted by Crippen LogP contribution is 2.31. The Labute approximate surface area is 130 Å². The van der Waals surface area contributed by atoms with Crippen molar-refractivity contribution in [2.75, 3.05) is 34.3 Å². The normalized spacial score (nSPS) is 14.2. The minimum absolute atomic E-state index is 0.402. The van der Waals surface area contributed by atoms with Crippen molar-refractivity contribution >= 4 is 29.2 Å². The lowest BCUT2D eigenvalue weighted by molar-refractivity contribution is -0.148. The lowest BCUT2D eigenvalue weighted by Gasteiger charge is -2.30. The van der Waals surface area contributed by atoms with Gasteiger partial charge in [0.2, 0.25) is 0 Å². The van der Waals surface area contributed by atoms with E-state index >= 15 is 0 Å². The Hall–Kier alpha value is -0.810. The van der Waals surface area contributed by atoms with Crippen LogP contribution >= 0.6 is 23.2 Å². The van der Waals surface area contributed by atoms with Crippen LogP contribution in [0.5, 0.6) is 0 Å². The minimum atomic E-state index is -1.03. The Morgan fingerprint density at radius 1 is 1.40 bits per heavy atom. The molecular weight excluding hydrogens is 299 g/mol. The maximum absolute atomic E-state index is 12.2. The quantitative estimate of drug-likeness (QED) is 0.818. The summed E-state index contributed by atoms with van der Waals surface area (Å²) in [5.74, 6) is -0.402. The number of hydrogen-bond acceptors (Lipinski definition) is 4. The molecule has 0 aliphatic rings. The summed E-state index contributed by atoms with van der Waals surface area (Å²) in [6.07, 6.45) is 0. The van der Waals surface area contributed by atoms with Gasteiger partial charge in [-0.3, -0.25) is 5.32 Å². The monoisotopic (exact) mass is 318 g/mol. The van der Waals surface area contributed by atoms with E-state index < -0.39 is 11.5 Å². The standard InChI is InChI=1S/C14H20Cl2N2O2/c1-14(13(19)20-4,17-7-8-18(2)3)11-9-10(15)5-6-12(11)16/h5-6,9,17H,7-8H2,1-4H3. The summed E-state index contributed by atoms with van der Waals surface area (Å²) in [7, 11) is 5.28. The Bertz CT molecular complexity index is 480. The number of likely N-dealkylation sites (N-methyl/N-ethyl adjacent to an activating group) is 1. The number of carbonyl (C=O) groups is 1. The van der Waals surface area contributed by atoms with Crippen LogP contribution in [-0.4, -0.2) is 45.2 Å². The molecule has 0 radical (unpaired) electrons. The van der Waals surface area contributed by atoms with Crippen LogP contribution in [0.2, 0.25) is 10.0 Å². The van der Waals surface area contributed by atoms with Gasteiger partial charge < -0.3 is 9.64 Å². The molecule has 0 saturated heterocycles. The van der Waals surface area contributed by atoms with Crippen molar-refractivity contribution in [3.63, 3.8) is 0 Å². The number of ether oxygens (including phenoxy) is 1. The first-order chi connectivity index (χ1) is 9.31. The summed E-state index contributed by atoms with van der Waals surface area (Å²) < 4.78 is 4.91. The molecule has 4 nitrogen and oxygen atoms in total. The fraction of sp³-hybridized carbons (Fsp3) is 0.500. The highest BCUT2D eigenvalue weighted by molar-refractivity contribution is 6.33. The SMILES string of the molecule is COC(=O)C(C)(NCCN(C)C)c1cc(Cl)ccc1Cl. The highest BCUT2D eigenvalue weighted by atomic mass is 35.5. The molecule has 6 heteroatoms. The molecule has 0 aliphatic heterocycles. The molecule has 0 aromatic heterocycles. The van der Waals surface area contributed by atoms with Gasteiger partial charge in [-0.2, -0.15) is 0 Å². The fourth-order valence-electron chi connectivity index (χ4n) is 1.89. The van der Waals surface area contributed by atoms with Crippen molar-refractivity contribution in [1.29, 1.82) is 0 Å². The van der Waals surface area contributed by atoms with Gasteiger partial charge in [0.25, 0.3) is 0 Å². The molecule has 1 unspecified atom stereocenters. The lowest BCUT2D eigenvalue weighted by Crippen LogP contribution is -2.49. The number of halogens is 2. The molecular formula is C14H20Cl2N2O2. The van der Waals surface area contributed by atoms with Crippen LogP contribution in [0.15, 0.2) is 18.2 Å². The molecule has 0 amide bonds. The molecule has 1 rings (SSSR count). The molecule has 112 valence electrons. The molecule has 20 heavy (non-hydrogen) atoms. The Kier molecular flexibility index (Phi) is 6.27. The summed E-state index contributed by atoms with van der Waals surface area (Å²) in [4.78, 5) is 14.2. The molecule has 0 heterocycles. The molecule has 0 saturated carbocycles. The van der Waals surface area contributed by atoms with Crippen LogP contribution in [0, 0.1) is 0 Å². The third kappa shape index (κ3) is 4.09. The third-order valence-corrected chi connectivity index (χ3v) is 3.66. The zero-order valence-corrected chi connectivity index (χ0v) is 13.7. The van der Waals surface area contributed by atoms with Gasteiger partial charge in [0.05, 0.1) is 7.11 Å². The van der Waals surface area contributed by atoms with E-state index in [1.807, 2.05) is 19.0 Å². The largest absolute Gasteiger partial charge is 0.467 e. The summed E-state index contributed by atoms with van der Waals surface area (Å²) in [5.41, 5.74) is -0.426. The predicted molar refractivity (Wildman–Crippen MR) is 82.4 cm³/mol. The van der Waals surface area contributed by atoms with E-state index in [0.717, 1.165) is 6.54 Å². The Morgan fingerprint density at radius 2 is 2.05 bits per heavy atom. The van der Waals surface area contributed by atoms with Crippen LogP contribution in [-0.2, 0) is 15.1 Å². The summed E-state index contributed by atoms with van der Waals surface area (Å²) >= 11 is 12.2. The van der Waals surface area contributed by atoms with Gasteiger partial charge in [-0.15, -0.1) is 0 Å². The summed E-state index contributed by atoms with van der Waals surface area (Å²) in [5, 5.41) is 4.20. The third-order valence-electron chi connectivity index (χ3n) is 3.10. The number of methoxy groups -OCH3 is 1. The molecule has 0 fully saturated rings. The van der Waals surface area contributed by atoms with Crippen molar-refractivity contribution in [3.8, 4) is 0 Å². The maximum atomic E-state index is 12.2. The van der Waals surface area contributed by atoms with Gasteiger partial charge in [-0.05, 0) is 39.2 Å². The first-order valence-electron chi connectivity index (χ1n) is 6.25. The Balaban J connectivity index is 3.10. The number of nitrogens with zero attached hydrogens (tertiary/aromatic N) is 1. The van der Waals surface area contributed by atoms with Gasteiger partial charge in [0.1, 0.15) is 5.54 Å². The molecule has 1 atom stereocenters. The van der Waals surface area contributed by atoms with Gasteiger partial charge in [0, 0.05) is 28.7 Å². The fourth-order valence-corrected chi connectivity index (χ4v) is 2.37. The second kappa shape index (κ2) is 7.27. The number of hydrogen-bond donors (Lipinski definition) is 1. The van der Waals surface area contributed by atoms with E-state index in [1.54, 1.807) is 25.1 Å². The smallest absolute Gasteiger partial charge is 0.330 e. The van der Waals surface area contributed by atoms with E-state index in [2.05, 4.69) is 5.32 Å². The Morgan fingerprint density at radius 3 is 2.60 bits per heavy atom. The summed E-state index contributed by atoms with van der Waals surface area (Å²) in [6, 6.07) is 5.04. The molecule has 1 aromatic carbocycles. The van der Waals surface area contributed by atoms with Crippen molar-refractivity contribution in [1.82, 2.24) is 10.2 Å². The second-order valence-electron chi connectivity index (χ2n) is 4.97. The average molecular weight is 319 g/mol. The van der Waals surface area contributed by atoms with Gasteiger partial charge in [0.15, 0.2) is 0 Å². The van der Waals surface area contributed by atoms with E-state index in [-0.39, 0.29) is 0 Å². The van der Waals surface area contributed by atoms with Crippen molar-refractivity contribution < 1.29 is 9.53 Å². The minimum Gasteiger partial charge on any atom is -0.467 e. The predicted octanol–water partition coefficient (Wildman–Crippen LogP) is 2.53. The molecule has 1 aromatic rings. The number of esters is 1. The van der Waals surface area contributed by atoms with Crippen molar-refractivity contribution in [2.45, 2.75) is 12.5 Å². The molecule has 0 aliphatic carbocycles. The second-order valence-corrected chi connectivity index (χ2v) is 5.81. The van der Waals surface area contributed by atoms with Crippen LogP contribution in [0.4, 0.5) is 0 Å². The molecule has 1 N–H and O–H groups in total. The van der Waals surface area contributed by atoms with Gasteiger partial charge in [-0.25, -0.2) is 4.79 Å². The zero-order chi connectivity index (χ0) is 15.3. The highest BCUT2D eigenvalue weighted by Gasteiger charge is 2.37. The van der Waals surface area contributed by atoms with Gasteiger partial charge in [-0.1, -0.05) is 23.2 Å². The topological polar surface area (TPSA) is 41.6 Å². The van der Waals surface area contributed by atoms with Gasteiger partial charge >= 0.3 is 5.97 Å². The number of benzene rings is 1. The lowest BCUT2D eigenvalue weighted by atomic mass is 9.91. The molecule has 0 bridgehead atoms. The average Bonchev–Trinajstić information content (AvgIpc) is 2.39. The number of carbonyl (C=O) groups excluding carboxylic acids is 1. The first-order valence-corrected chi connectivity index (χ1v) is 7.00. The maximum Gasteiger partial charge on any atom is 0.330 e. The van der Waals surface area contributed by atoms with Crippen LogP contribution in [0.1, 0.15) is 12.5 Å².